The molecule has 204 valence electrons. The number of aryl methyl sites for hydroxylation is 1. The van der Waals surface area contributed by atoms with E-state index in [1.807, 2.05) is 0 Å². The molecule has 1 aromatic heterocycles. The van der Waals surface area contributed by atoms with Gasteiger partial charge >= 0.3 is 23.9 Å². The van der Waals surface area contributed by atoms with Gasteiger partial charge in [0.25, 0.3) is 5.91 Å². The van der Waals surface area contributed by atoms with Crippen LogP contribution in [0.25, 0.3) is 0 Å². The third-order valence-corrected chi connectivity index (χ3v) is 5.73. The highest BCUT2D eigenvalue weighted by molar-refractivity contribution is 5.98. The number of carbonyl (C=O) groups excluding carboxylic acids is 5. The van der Waals surface area contributed by atoms with E-state index >= 15 is 0 Å². The van der Waals surface area contributed by atoms with Gasteiger partial charge < -0.3 is 24.3 Å². The molecule has 0 saturated carbocycles. The predicted molar refractivity (Wildman–Crippen MR) is 130 cm³/mol. The first kappa shape index (κ1) is 29.7. The molecule has 0 aromatic carbocycles. The standard InChI is InChI=1S/C26H36N2O9/c1-9-16-20(36-22(30)13(2)3)15(5)35-24(32)17(12-34-23(16)31)28-21(29)18-19(14(4)10-11-27-18)37-25(33)26(6,7)8/h10-11,13,15-17,20H,9,12H2,1-8H3,(H,28,29)/t15-,16+,17-,20-/m0/s1. The first-order chi connectivity index (χ1) is 17.2. The van der Waals surface area contributed by atoms with Crippen molar-refractivity contribution >= 4 is 29.8 Å². The lowest BCUT2D eigenvalue weighted by atomic mass is 9.95. The van der Waals surface area contributed by atoms with E-state index in [0.717, 1.165) is 0 Å². The fourth-order valence-corrected chi connectivity index (χ4v) is 3.39. The van der Waals surface area contributed by atoms with Crippen LogP contribution >= 0.6 is 0 Å². The second-order valence-corrected chi connectivity index (χ2v) is 10.3. The number of ether oxygens (including phenoxy) is 4. The minimum absolute atomic E-state index is 0.0477. The fourth-order valence-electron chi connectivity index (χ4n) is 3.39. The van der Waals surface area contributed by atoms with Gasteiger partial charge in [-0.2, -0.15) is 0 Å². The van der Waals surface area contributed by atoms with Gasteiger partial charge in [-0.05, 0) is 52.7 Å². The Hall–Kier alpha value is -3.50. The van der Waals surface area contributed by atoms with Crippen LogP contribution in [-0.2, 0) is 33.4 Å². The maximum atomic E-state index is 13.1. The number of amides is 1. The summed E-state index contributed by atoms with van der Waals surface area (Å²) in [4.78, 5) is 67.6. The van der Waals surface area contributed by atoms with Crippen LogP contribution in [0.5, 0.6) is 5.75 Å². The van der Waals surface area contributed by atoms with Crippen molar-refractivity contribution < 1.29 is 42.9 Å². The molecule has 0 spiro atoms. The summed E-state index contributed by atoms with van der Waals surface area (Å²) in [6.45, 7) is 12.6. The molecule has 11 heteroatoms. The van der Waals surface area contributed by atoms with Gasteiger partial charge in [-0.1, -0.05) is 20.8 Å². The quantitative estimate of drug-likeness (QED) is 0.438. The van der Waals surface area contributed by atoms with Gasteiger partial charge in [0.2, 0.25) is 0 Å². The summed E-state index contributed by atoms with van der Waals surface area (Å²) in [7, 11) is 0. The number of nitrogens with one attached hydrogen (secondary N) is 1. The zero-order valence-electron chi connectivity index (χ0n) is 22.6. The number of aromatic nitrogens is 1. The van der Waals surface area contributed by atoms with Crippen molar-refractivity contribution in [2.24, 2.45) is 17.3 Å². The van der Waals surface area contributed by atoms with Gasteiger partial charge in [-0.25, -0.2) is 9.78 Å². The molecule has 11 nitrogen and oxygen atoms in total. The number of carbonyl (C=O) groups is 5. The monoisotopic (exact) mass is 520 g/mol. The summed E-state index contributed by atoms with van der Waals surface area (Å²) in [5.74, 6) is -4.92. The number of cyclic esters (lactones) is 2. The van der Waals surface area contributed by atoms with E-state index < -0.39 is 71.9 Å². The van der Waals surface area contributed by atoms with Crippen LogP contribution in [0.1, 0.15) is 70.9 Å². The second kappa shape index (κ2) is 12.2. The predicted octanol–water partition coefficient (Wildman–Crippen LogP) is 2.52. The average molecular weight is 521 g/mol. The molecule has 1 aliphatic heterocycles. The highest BCUT2D eigenvalue weighted by atomic mass is 16.6. The molecule has 4 atom stereocenters. The maximum absolute atomic E-state index is 13.1. The van der Waals surface area contributed by atoms with Gasteiger partial charge in [0.15, 0.2) is 23.6 Å². The van der Waals surface area contributed by atoms with E-state index in [2.05, 4.69) is 10.3 Å². The maximum Gasteiger partial charge on any atom is 0.332 e. The smallest absolute Gasteiger partial charge is 0.332 e. The van der Waals surface area contributed by atoms with Crippen LogP contribution in [-0.4, -0.2) is 59.6 Å². The third-order valence-electron chi connectivity index (χ3n) is 5.73. The van der Waals surface area contributed by atoms with Crippen LogP contribution in [0.15, 0.2) is 12.3 Å². The Labute approximate surface area is 216 Å². The van der Waals surface area contributed by atoms with Crippen LogP contribution in [0.3, 0.4) is 0 Å². The Kier molecular flexibility index (Phi) is 9.77. The number of esters is 4. The molecule has 2 heterocycles. The van der Waals surface area contributed by atoms with E-state index in [1.54, 1.807) is 54.5 Å². The van der Waals surface area contributed by atoms with E-state index in [-0.39, 0.29) is 17.9 Å². The van der Waals surface area contributed by atoms with Crippen molar-refractivity contribution in [2.75, 3.05) is 6.61 Å². The highest BCUT2D eigenvalue weighted by Crippen LogP contribution is 2.26. The Balaban J connectivity index is 2.30. The minimum atomic E-state index is -1.38. The summed E-state index contributed by atoms with van der Waals surface area (Å²) in [5.41, 5.74) is -0.580. The summed E-state index contributed by atoms with van der Waals surface area (Å²) in [5, 5.41) is 2.46. The minimum Gasteiger partial charge on any atom is -0.463 e. The van der Waals surface area contributed by atoms with Gasteiger partial charge in [-0.3, -0.25) is 19.2 Å². The largest absolute Gasteiger partial charge is 0.463 e. The molecule has 0 bridgehead atoms. The molecule has 0 radical (unpaired) electrons. The van der Waals surface area contributed by atoms with E-state index in [0.29, 0.717) is 5.56 Å². The zero-order valence-corrected chi connectivity index (χ0v) is 22.6. The summed E-state index contributed by atoms with van der Waals surface area (Å²) in [6.07, 6.45) is -0.427. The van der Waals surface area contributed by atoms with Crippen LogP contribution in [0.2, 0.25) is 0 Å². The average Bonchev–Trinajstić information content (AvgIpc) is 2.84. The van der Waals surface area contributed by atoms with E-state index in [4.69, 9.17) is 18.9 Å². The number of nitrogens with zero attached hydrogens (tertiary/aromatic N) is 1. The SMILES string of the molecule is CC[C@H]1C(=O)OC[C@H](NC(=O)c2nccc(C)c2OC(=O)C(C)(C)C)C(=O)O[C@@H](C)[C@@H]1OC(=O)C(C)C. The number of hydrogen-bond donors (Lipinski definition) is 1. The molecule has 2 rings (SSSR count). The van der Waals surface area contributed by atoms with Crippen molar-refractivity contribution in [1.29, 1.82) is 0 Å². The molecule has 0 aliphatic carbocycles. The fraction of sp³-hybridized carbons (Fsp3) is 0.615. The first-order valence-electron chi connectivity index (χ1n) is 12.2. The van der Waals surface area contributed by atoms with Crippen LogP contribution in [0, 0.1) is 24.2 Å². The summed E-state index contributed by atoms with van der Waals surface area (Å²) >= 11 is 0. The summed E-state index contributed by atoms with van der Waals surface area (Å²) < 4.78 is 21.8. The Bertz CT molecular complexity index is 1040. The van der Waals surface area contributed by atoms with Crippen molar-refractivity contribution in [3.05, 3.63) is 23.5 Å². The number of pyridine rings is 1. The molecular formula is C26H36N2O9. The molecule has 1 saturated heterocycles. The Morgan fingerprint density at radius 3 is 2.41 bits per heavy atom. The topological polar surface area (TPSA) is 147 Å². The van der Waals surface area contributed by atoms with Crippen molar-refractivity contribution in [2.45, 2.75) is 80.1 Å². The van der Waals surface area contributed by atoms with Crippen molar-refractivity contribution in [3.63, 3.8) is 0 Å². The highest BCUT2D eigenvalue weighted by Gasteiger charge is 2.41. The van der Waals surface area contributed by atoms with Crippen molar-refractivity contribution in [3.8, 4) is 5.75 Å². The molecule has 1 fully saturated rings. The van der Waals surface area contributed by atoms with Crippen LogP contribution in [0.4, 0.5) is 0 Å². The molecule has 0 unspecified atom stereocenters. The van der Waals surface area contributed by atoms with Gasteiger partial charge in [-0.15, -0.1) is 0 Å². The number of rotatable bonds is 6. The molecular weight excluding hydrogens is 484 g/mol. The number of hydrogen-bond acceptors (Lipinski definition) is 10. The summed E-state index contributed by atoms with van der Waals surface area (Å²) in [6, 6.07) is 0.188. The molecule has 1 N–H and O–H groups in total. The zero-order chi connectivity index (χ0) is 28.1. The lowest BCUT2D eigenvalue weighted by molar-refractivity contribution is -0.176. The first-order valence-corrected chi connectivity index (χ1v) is 12.2. The normalized spacial score (nSPS) is 22.6. The van der Waals surface area contributed by atoms with Gasteiger partial charge in [0.1, 0.15) is 12.7 Å². The van der Waals surface area contributed by atoms with Gasteiger partial charge in [0, 0.05) is 6.20 Å². The Morgan fingerprint density at radius 2 is 1.84 bits per heavy atom. The molecule has 1 aromatic rings. The van der Waals surface area contributed by atoms with E-state index in [9.17, 15) is 24.0 Å². The third kappa shape index (κ3) is 7.50. The molecule has 1 aliphatic rings. The van der Waals surface area contributed by atoms with Crippen LogP contribution < -0.4 is 10.1 Å². The van der Waals surface area contributed by atoms with Gasteiger partial charge in [0.05, 0.1) is 17.3 Å². The lowest BCUT2D eigenvalue weighted by Gasteiger charge is -2.29. The molecule has 37 heavy (non-hydrogen) atoms. The van der Waals surface area contributed by atoms with E-state index in [1.165, 1.54) is 13.1 Å². The molecule has 1 amide bonds. The lowest BCUT2D eigenvalue weighted by Crippen LogP contribution is -2.47. The Morgan fingerprint density at radius 1 is 1.19 bits per heavy atom. The second-order valence-electron chi connectivity index (χ2n) is 10.3. The van der Waals surface area contributed by atoms with Crippen molar-refractivity contribution in [1.82, 2.24) is 10.3 Å².